The molecule has 0 amide bonds. The Hall–Kier alpha value is -5.64. The maximum Gasteiger partial charge on any atom is 0.0719 e. The van der Waals surface area contributed by atoms with Crippen LogP contribution in [0.2, 0.25) is 0 Å². The Kier molecular flexibility index (Phi) is 5.19. The molecule has 2 nitrogen and oxygen atoms in total. The van der Waals surface area contributed by atoms with Crippen molar-refractivity contribution in [2.24, 2.45) is 0 Å². The molecule has 210 valence electrons. The predicted octanol–water partition coefficient (Wildman–Crippen LogP) is 11.9. The van der Waals surface area contributed by atoms with E-state index in [1.807, 2.05) is 11.3 Å². The monoisotopic (exact) mass is 590 g/mol. The minimum atomic E-state index is 1.17. The van der Waals surface area contributed by atoms with Crippen LogP contribution in [0.15, 0.2) is 158 Å². The van der Waals surface area contributed by atoms with E-state index in [9.17, 15) is 0 Å². The first-order valence-electron chi connectivity index (χ1n) is 15.4. The van der Waals surface area contributed by atoms with Gasteiger partial charge in [0.2, 0.25) is 0 Å². The average Bonchev–Trinajstić information content (AvgIpc) is 3.77. The van der Waals surface area contributed by atoms with Crippen molar-refractivity contribution in [3.63, 3.8) is 0 Å². The Bertz CT molecular complexity index is 2740. The molecule has 0 unspecified atom stereocenters. The third-order valence-electron chi connectivity index (χ3n) is 9.30. The van der Waals surface area contributed by atoms with E-state index in [4.69, 9.17) is 0 Å². The zero-order valence-corrected chi connectivity index (χ0v) is 25.1. The lowest BCUT2D eigenvalue weighted by Crippen LogP contribution is -1.95. The third kappa shape index (κ3) is 3.50. The highest BCUT2D eigenvalue weighted by Crippen LogP contribution is 2.47. The van der Waals surface area contributed by atoms with Crippen molar-refractivity contribution in [2.45, 2.75) is 0 Å². The van der Waals surface area contributed by atoms with Gasteiger partial charge in [0.25, 0.3) is 0 Å². The van der Waals surface area contributed by atoms with Crippen LogP contribution in [0.4, 0.5) is 0 Å². The molecule has 10 rings (SSSR count). The Morgan fingerprint density at radius 2 is 0.933 bits per heavy atom. The lowest BCUT2D eigenvalue weighted by atomic mass is 10.0. The first-order chi connectivity index (χ1) is 22.3. The zero-order chi connectivity index (χ0) is 29.5. The summed E-state index contributed by atoms with van der Waals surface area (Å²) in [5, 5.41) is 7.76. The summed E-state index contributed by atoms with van der Waals surface area (Å²) in [6, 6.07) is 57.4. The fourth-order valence-electron chi connectivity index (χ4n) is 7.39. The summed E-state index contributed by atoms with van der Waals surface area (Å²) in [6.45, 7) is 0. The molecule has 0 saturated carbocycles. The Morgan fingerprint density at radius 3 is 1.69 bits per heavy atom. The van der Waals surface area contributed by atoms with E-state index in [2.05, 4.69) is 167 Å². The second kappa shape index (κ2) is 9.43. The normalized spacial score (nSPS) is 12.0. The predicted molar refractivity (Wildman–Crippen MR) is 193 cm³/mol. The number of nitrogens with zero attached hydrogens (tertiary/aromatic N) is 2. The Labute approximate surface area is 263 Å². The van der Waals surface area contributed by atoms with Gasteiger partial charge in [-0.1, -0.05) is 115 Å². The molecule has 3 heteroatoms. The number of rotatable bonds is 3. The standard InChI is InChI=1S/C42H26N2S/c1-3-12-27(13-4-1)28-14-11-17-30(26-28)44-37-21-10-7-18-31(37)33-24-25-38-39(40(33)44)35-23-22-34-32-19-8-9-20-36(32)43(41(34)42(35)45-38)29-15-5-2-6-16-29/h1-26H. The fraction of sp³-hybridized carbons (Fsp3) is 0. The highest BCUT2D eigenvalue weighted by Gasteiger charge is 2.22. The molecular weight excluding hydrogens is 565 g/mol. The molecule has 0 bridgehead atoms. The number of aromatic nitrogens is 2. The topological polar surface area (TPSA) is 9.86 Å². The summed E-state index contributed by atoms with van der Waals surface area (Å²) >= 11 is 1.91. The molecule has 7 aromatic carbocycles. The summed E-state index contributed by atoms with van der Waals surface area (Å²) < 4.78 is 7.57. The minimum absolute atomic E-state index is 1.17. The van der Waals surface area contributed by atoms with E-state index in [0.29, 0.717) is 0 Å². The van der Waals surface area contributed by atoms with Crippen LogP contribution in [0.3, 0.4) is 0 Å². The van der Waals surface area contributed by atoms with Gasteiger partial charge in [-0.25, -0.2) is 0 Å². The van der Waals surface area contributed by atoms with E-state index >= 15 is 0 Å². The fourth-order valence-corrected chi connectivity index (χ4v) is 8.63. The van der Waals surface area contributed by atoms with Gasteiger partial charge in [0, 0.05) is 48.4 Å². The lowest BCUT2D eigenvalue weighted by Gasteiger charge is -2.11. The van der Waals surface area contributed by atoms with Gasteiger partial charge in [0.1, 0.15) is 0 Å². The maximum atomic E-state index is 2.49. The molecule has 0 aliphatic rings. The van der Waals surface area contributed by atoms with Crippen molar-refractivity contribution in [3.05, 3.63) is 158 Å². The molecule has 0 aliphatic heterocycles. The first-order valence-corrected chi connectivity index (χ1v) is 16.2. The van der Waals surface area contributed by atoms with Gasteiger partial charge in [-0.2, -0.15) is 0 Å². The van der Waals surface area contributed by atoms with Crippen LogP contribution in [0, 0.1) is 0 Å². The van der Waals surface area contributed by atoms with E-state index in [1.54, 1.807) is 0 Å². The number of para-hydroxylation sites is 3. The highest BCUT2D eigenvalue weighted by atomic mass is 32.1. The van der Waals surface area contributed by atoms with Crippen LogP contribution in [0.5, 0.6) is 0 Å². The van der Waals surface area contributed by atoms with Crippen LogP contribution in [-0.4, -0.2) is 9.13 Å². The zero-order valence-electron chi connectivity index (χ0n) is 24.3. The van der Waals surface area contributed by atoms with Crippen LogP contribution in [0.25, 0.3) is 86.3 Å². The van der Waals surface area contributed by atoms with Crippen molar-refractivity contribution in [1.29, 1.82) is 0 Å². The molecule has 0 aliphatic carbocycles. The molecule has 0 radical (unpaired) electrons. The summed E-state index contributed by atoms with van der Waals surface area (Å²) in [7, 11) is 0. The molecule has 45 heavy (non-hydrogen) atoms. The summed E-state index contributed by atoms with van der Waals surface area (Å²) in [5.74, 6) is 0. The number of benzene rings is 7. The quantitative estimate of drug-likeness (QED) is 0.194. The second-order valence-electron chi connectivity index (χ2n) is 11.7. The Balaban J connectivity index is 1.37. The summed E-state index contributed by atoms with van der Waals surface area (Å²) in [4.78, 5) is 0. The van der Waals surface area contributed by atoms with Crippen LogP contribution < -0.4 is 0 Å². The van der Waals surface area contributed by atoms with Crippen LogP contribution in [-0.2, 0) is 0 Å². The number of hydrogen-bond donors (Lipinski definition) is 0. The molecule has 0 spiro atoms. The Morgan fingerprint density at radius 1 is 0.378 bits per heavy atom. The molecule has 3 heterocycles. The second-order valence-corrected chi connectivity index (χ2v) is 12.8. The highest BCUT2D eigenvalue weighted by molar-refractivity contribution is 7.26. The SMILES string of the molecule is c1ccc(-c2cccc(-n3c4ccccc4c4ccc5sc6c(ccc7c8ccccc8n(-c8ccccc8)c76)c5c43)c2)cc1. The van der Waals surface area contributed by atoms with E-state index in [1.165, 1.54) is 86.3 Å². The van der Waals surface area contributed by atoms with Crippen molar-refractivity contribution in [1.82, 2.24) is 9.13 Å². The van der Waals surface area contributed by atoms with Crippen LogP contribution in [0.1, 0.15) is 0 Å². The van der Waals surface area contributed by atoms with Gasteiger partial charge in [0.15, 0.2) is 0 Å². The van der Waals surface area contributed by atoms with Crippen molar-refractivity contribution in [2.75, 3.05) is 0 Å². The molecule has 0 N–H and O–H groups in total. The molecule has 10 aromatic rings. The lowest BCUT2D eigenvalue weighted by molar-refractivity contribution is 1.19. The van der Waals surface area contributed by atoms with E-state index in [0.717, 1.165) is 0 Å². The smallest absolute Gasteiger partial charge is 0.0719 e. The van der Waals surface area contributed by atoms with Crippen molar-refractivity contribution >= 4 is 75.1 Å². The molecule has 0 atom stereocenters. The average molecular weight is 591 g/mol. The molecular formula is C42H26N2S. The van der Waals surface area contributed by atoms with Gasteiger partial charge in [0.05, 0.1) is 26.8 Å². The molecule has 3 aromatic heterocycles. The summed E-state index contributed by atoms with van der Waals surface area (Å²) in [5.41, 5.74) is 9.82. The van der Waals surface area contributed by atoms with Gasteiger partial charge in [-0.3, -0.25) is 0 Å². The van der Waals surface area contributed by atoms with E-state index in [-0.39, 0.29) is 0 Å². The first kappa shape index (κ1) is 24.8. The molecule has 0 fully saturated rings. The van der Waals surface area contributed by atoms with Crippen molar-refractivity contribution < 1.29 is 0 Å². The maximum absolute atomic E-state index is 2.49. The van der Waals surface area contributed by atoms with E-state index < -0.39 is 0 Å². The van der Waals surface area contributed by atoms with Crippen LogP contribution >= 0.6 is 11.3 Å². The summed E-state index contributed by atoms with van der Waals surface area (Å²) in [6.07, 6.45) is 0. The minimum Gasteiger partial charge on any atom is -0.309 e. The van der Waals surface area contributed by atoms with Gasteiger partial charge < -0.3 is 9.13 Å². The number of thiophene rings is 1. The van der Waals surface area contributed by atoms with Gasteiger partial charge in [-0.15, -0.1) is 11.3 Å². The third-order valence-corrected chi connectivity index (χ3v) is 10.5. The van der Waals surface area contributed by atoms with Gasteiger partial charge >= 0.3 is 0 Å². The number of fused-ring (bicyclic) bond motifs is 11. The number of hydrogen-bond acceptors (Lipinski definition) is 1. The largest absolute Gasteiger partial charge is 0.309 e. The van der Waals surface area contributed by atoms with Crippen molar-refractivity contribution in [3.8, 4) is 22.5 Å². The van der Waals surface area contributed by atoms with Gasteiger partial charge in [-0.05, 0) is 53.6 Å². The molecule has 0 saturated heterocycles.